The lowest BCUT2D eigenvalue weighted by atomic mass is 9.91. The van der Waals surface area contributed by atoms with Gasteiger partial charge in [-0.1, -0.05) is 6.07 Å². The summed E-state index contributed by atoms with van der Waals surface area (Å²) in [5, 5.41) is 6.99. The standard InChI is InChI=1S/C15H22N2O/c1-2-4-13-9-14(6-5-12(13)3-1)17-10-15-11-18-8-7-16-15/h5-6,9,15-17H,1-4,7-8,10-11H2. The molecule has 3 rings (SSSR count). The van der Waals surface area contributed by atoms with Crippen LogP contribution in [0.4, 0.5) is 5.69 Å². The average molecular weight is 246 g/mol. The molecular formula is C15H22N2O. The zero-order valence-corrected chi connectivity index (χ0v) is 10.9. The number of aryl methyl sites for hydroxylation is 2. The second-order valence-corrected chi connectivity index (χ2v) is 5.30. The Labute approximate surface area is 109 Å². The zero-order chi connectivity index (χ0) is 12.2. The van der Waals surface area contributed by atoms with Crippen LogP contribution in [-0.4, -0.2) is 32.3 Å². The molecule has 1 aliphatic heterocycles. The Kier molecular flexibility index (Phi) is 3.81. The zero-order valence-electron chi connectivity index (χ0n) is 10.9. The summed E-state index contributed by atoms with van der Waals surface area (Å²) in [5.41, 5.74) is 4.34. The van der Waals surface area contributed by atoms with Crippen molar-refractivity contribution in [2.75, 3.05) is 31.6 Å². The van der Waals surface area contributed by atoms with Crippen LogP contribution in [0.5, 0.6) is 0 Å². The molecule has 98 valence electrons. The summed E-state index contributed by atoms with van der Waals surface area (Å²) in [6.07, 6.45) is 5.20. The van der Waals surface area contributed by atoms with E-state index in [9.17, 15) is 0 Å². The van der Waals surface area contributed by atoms with E-state index in [0.29, 0.717) is 6.04 Å². The van der Waals surface area contributed by atoms with Gasteiger partial charge in [0, 0.05) is 24.8 Å². The minimum atomic E-state index is 0.440. The van der Waals surface area contributed by atoms with Crippen LogP contribution in [0, 0.1) is 0 Å². The lowest BCUT2D eigenvalue weighted by Crippen LogP contribution is -2.45. The first-order valence-corrected chi connectivity index (χ1v) is 7.08. The maximum Gasteiger partial charge on any atom is 0.0637 e. The molecule has 0 spiro atoms. The van der Waals surface area contributed by atoms with Crippen LogP contribution in [0.3, 0.4) is 0 Å². The Morgan fingerprint density at radius 2 is 2.11 bits per heavy atom. The summed E-state index contributed by atoms with van der Waals surface area (Å²) in [6, 6.07) is 7.28. The summed E-state index contributed by atoms with van der Waals surface area (Å²) in [7, 11) is 0. The van der Waals surface area contributed by atoms with Gasteiger partial charge in [-0.2, -0.15) is 0 Å². The van der Waals surface area contributed by atoms with Crippen molar-refractivity contribution < 1.29 is 4.74 Å². The van der Waals surface area contributed by atoms with E-state index in [2.05, 4.69) is 28.8 Å². The monoisotopic (exact) mass is 246 g/mol. The van der Waals surface area contributed by atoms with Crippen LogP contribution in [0.15, 0.2) is 18.2 Å². The van der Waals surface area contributed by atoms with Gasteiger partial charge in [0.25, 0.3) is 0 Å². The first-order chi connectivity index (χ1) is 8.92. The van der Waals surface area contributed by atoms with Gasteiger partial charge in [-0.15, -0.1) is 0 Å². The molecular weight excluding hydrogens is 224 g/mol. The van der Waals surface area contributed by atoms with Gasteiger partial charge >= 0.3 is 0 Å². The number of benzene rings is 1. The maximum atomic E-state index is 5.46. The van der Waals surface area contributed by atoms with Crippen LogP contribution in [0.25, 0.3) is 0 Å². The largest absolute Gasteiger partial charge is 0.383 e. The number of ether oxygens (including phenoxy) is 1. The van der Waals surface area contributed by atoms with Crippen LogP contribution in [0.2, 0.25) is 0 Å². The van der Waals surface area contributed by atoms with E-state index < -0.39 is 0 Å². The summed E-state index contributed by atoms with van der Waals surface area (Å²) >= 11 is 0. The Morgan fingerprint density at radius 1 is 1.22 bits per heavy atom. The molecule has 2 aliphatic rings. The number of anilines is 1. The highest BCUT2D eigenvalue weighted by molar-refractivity contribution is 5.49. The van der Waals surface area contributed by atoms with E-state index in [-0.39, 0.29) is 0 Å². The van der Waals surface area contributed by atoms with Gasteiger partial charge in [0.1, 0.15) is 0 Å². The first kappa shape index (κ1) is 12.0. The highest BCUT2D eigenvalue weighted by Crippen LogP contribution is 2.24. The second kappa shape index (κ2) is 5.72. The molecule has 1 unspecified atom stereocenters. The summed E-state index contributed by atoms with van der Waals surface area (Å²) < 4.78 is 5.46. The molecule has 1 saturated heterocycles. The fraction of sp³-hybridized carbons (Fsp3) is 0.600. The molecule has 3 nitrogen and oxygen atoms in total. The molecule has 1 aromatic rings. The summed E-state index contributed by atoms with van der Waals surface area (Å²) in [5.74, 6) is 0. The van der Waals surface area contributed by atoms with E-state index in [0.717, 1.165) is 26.3 Å². The van der Waals surface area contributed by atoms with Crippen molar-refractivity contribution in [3.8, 4) is 0 Å². The number of hydrogen-bond acceptors (Lipinski definition) is 3. The van der Waals surface area contributed by atoms with Gasteiger partial charge in [0.2, 0.25) is 0 Å². The van der Waals surface area contributed by atoms with Crippen molar-refractivity contribution >= 4 is 5.69 Å². The Bertz CT molecular complexity index is 399. The highest BCUT2D eigenvalue weighted by atomic mass is 16.5. The average Bonchev–Trinajstić information content (AvgIpc) is 2.46. The molecule has 0 radical (unpaired) electrons. The number of fused-ring (bicyclic) bond motifs is 1. The molecule has 3 heteroatoms. The third-order valence-corrected chi connectivity index (χ3v) is 3.90. The third kappa shape index (κ3) is 2.85. The summed E-state index contributed by atoms with van der Waals surface area (Å²) in [4.78, 5) is 0. The van der Waals surface area contributed by atoms with E-state index in [4.69, 9.17) is 4.74 Å². The first-order valence-electron chi connectivity index (χ1n) is 7.08. The number of morpholine rings is 1. The Morgan fingerprint density at radius 3 is 2.94 bits per heavy atom. The Balaban J connectivity index is 1.58. The topological polar surface area (TPSA) is 33.3 Å². The van der Waals surface area contributed by atoms with Gasteiger partial charge in [-0.05, 0) is 48.9 Å². The van der Waals surface area contributed by atoms with Crippen LogP contribution < -0.4 is 10.6 Å². The molecule has 0 amide bonds. The molecule has 1 fully saturated rings. The molecule has 0 aromatic heterocycles. The molecule has 1 aromatic carbocycles. The quantitative estimate of drug-likeness (QED) is 0.855. The van der Waals surface area contributed by atoms with E-state index in [1.54, 1.807) is 11.1 Å². The molecule has 1 aliphatic carbocycles. The predicted molar refractivity (Wildman–Crippen MR) is 74.2 cm³/mol. The van der Waals surface area contributed by atoms with Crippen molar-refractivity contribution in [2.24, 2.45) is 0 Å². The number of nitrogens with one attached hydrogen (secondary N) is 2. The summed E-state index contributed by atoms with van der Waals surface area (Å²) in [6.45, 7) is 3.57. The fourth-order valence-electron chi connectivity index (χ4n) is 2.84. The van der Waals surface area contributed by atoms with Gasteiger partial charge in [0.15, 0.2) is 0 Å². The lowest BCUT2D eigenvalue weighted by Gasteiger charge is -2.25. The van der Waals surface area contributed by atoms with Gasteiger partial charge in [0.05, 0.1) is 13.2 Å². The fourth-order valence-corrected chi connectivity index (χ4v) is 2.84. The molecule has 18 heavy (non-hydrogen) atoms. The van der Waals surface area contributed by atoms with Crippen LogP contribution in [-0.2, 0) is 17.6 Å². The predicted octanol–water partition coefficient (Wildman–Crippen LogP) is 1.97. The maximum absolute atomic E-state index is 5.46. The van der Waals surface area contributed by atoms with E-state index in [1.165, 1.54) is 31.4 Å². The van der Waals surface area contributed by atoms with Crippen molar-refractivity contribution in [1.82, 2.24) is 5.32 Å². The third-order valence-electron chi connectivity index (χ3n) is 3.90. The van der Waals surface area contributed by atoms with Gasteiger partial charge in [-0.3, -0.25) is 0 Å². The molecule has 0 saturated carbocycles. The SMILES string of the molecule is c1cc2c(cc1NCC1COCCN1)CCCC2. The van der Waals surface area contributed by atoms with Crippen molar-refractivity contribution in [2.45, 2.75) is 31.7 Å². The Hall–Kier alpha value is -1.06. The number of hydrogen-bond donors (Lipinski definition) is 2. The smallest absolute Gasteiger partial charge is 0.0637 e. The van der Waals surface area contributed by atoms with Crippen LogP contribution >= 0.6 is 0 Å². The molecule has 1 heterocycles. The van der Waals surface area contributed by atoms with Crippen molar-refractivity contribution in [3.05, 3.63) is 29.3 Å². The van der Waals surface area contributed by atoms with Crippen molar-refractivity contribution in [3.63, 3.8) is 0 Å². The molecule has 1 atom stereocenters. The second-order valence-electron chi connectivity index (χ2n) is 5.30. The normalized spacial score (nSPS) is 23.4. The minimum absolute atomic E-state index is 0.440. The van der Waals surface area contributed by atoms with Gasteiger partial charge < -0.3 is 15.4 Å². The highest BCUT2D eigenvalue weighted by Gasteiger charge is 2.13. The van der Waals surface area contributed by atoms with Crippen LogP contribution in [0.1, 0.15) is 24.0 Å². The van der Waals surface area contributed by atoms with E-state index in [1.807, 2.05) is 0 Å². The van der Waals surface area contributed by atoms with E-state index >= 15 is 0 Å². The molecule has 0 bridgehead atoms. The van der Waals surface area contributed by atoms with Crippen molar-refractivity contribution in [1.29, 1.82) is 0 Å². The molecule has 2 N–H and O–H groups in total. The number of rotatable bonds is 3. The van der Waals surface area contributed by atoms with Gasteiger partial charge in [-0.25, -0.2) is 0 Å². The minimum Gasteiger partial charge on any atom is -0.383 e. The lowest BCUT2D eigenvalue weighted by molar-refractivity contribution is 0.0806.